The van der Waals surface area contributed by atoms with E-state index in [1.54, 1.807) is 25.1 Å². The van der Waals surface area contributed by atoms with E-state index in [0.717, 1.165) is 16.8 Å². The highest BCUT2D eigenvalue weighted by atomic mass is 16.6. The third kappa shape index (κ3) is 10.9. The molecule has 0 saturated carbocycles. The molecule has 16 nitrogen and oxygen atoms in total. The van der Waals surface area contributed by atoms with Gasteiger partial charge >= 0.3 is 11.9 Å². The van der Waals surface area contributed by atoms with Gasteiger partial charge in [-0.25, -0.2) is 0 Å². The molecule has 1 N–H and O–H groups in total. The fourth-order valence-corrected chi connectivity index (χ4v) is 6.59. The van der Waals surface area contributed by atoms with Crippen LogP contribution in [0.25, 0.3) is 10.4 Å². The lowest BCUT2D eigenvalue weighted by molar-refractivity contribution is -0.384. The average Bonchev–Trinajstić information content (AvgIpc) is 3.20. The van der Waals surface area contributed by atoms with Gasteiger partial charge in [0.2, 0.25) is 0 Å². The molecular weight excluding hydrogens is 696 g/mol. The van der Waals surface area contributed by atoms with Gasteiger partial charge in [0.1, 0.15) is 19.0 Å². The number of piperidine rings is 1. The van der Waals surface area contributed by atoms with Crippen LogP contribution in [0, 0.1) is 27.4 Å². The van der Waals surface area contributed by atoms with Crippen LogP contribution in [0.15, 0.2) is 83.3 Å². The summed E-state index contributed by atoms with van der Waals surface area (Å²) in [6.07, 6.45) is 5.12. The van der Waals surface area contributed by atoms with E-state index in [4.69, 9.17) is 25.0 Å². The van der Waals surface area contributed by atoms with Crippen molar-refractivity contribution in [1.29, 1.82) is 5.26 Å². The normalized spacial score (nSPS) is 16.9. The molecular formula is C38H46N8O8. The molecule has 16 heteroatoms. The summed E-state index contributed by atoms with van der Waals surface area (Å²) in [4.78, 5) is 58.3. The number of rotatable bonds is 19. The predicted octanol–water partition coefficient (Wildman–Crippen LogP) is 5.24. The summed E-state index contributed by atoms with van der Waals surface area (Å²) < 4.78 is 16.8. The SMILES string of the molecule is CCOC(=O)C1(c2ccccc2)CCN(CC(CN(COCCN=[N+]=[N-])C(=O)C2=CC(c3ccc([N+](=O)[O-])cc3)C=C(CC)N2)C(=O)OCCC#N)CC1. The molecule has 2 heterocycles. The van der Waals surface area contributed by atoms with Gasteiger partial charge in [-0.2, -0.15) is 5.26 Å². The van der Waals surface area contributed by atoms with Crippen molar-refractivity contribution >= 4 is 23.5 Å². The molecule has 2 aliphatic heterocycles. The summed E-state index contributed by atoms with van der Waals surface area (Å²) in [5.41, 5.74) is 10.4. The monoisotopic (exact) mass is 742 g/mol. The number of carbonyl (C=O) groups excluding carboxylic acids is 3. The fraction of sp³-hybridized carbons (Fsp3) is 0.474. The third-order valence-electron chi connectivity index (χ3n) is 9.47. The van der Waals surface area contributed by atoms with Crippen LogP contribution in [0.3, 0.4) is 0 Å². The first-order valence-electron chi connectivity index (χ1n) is 18.0. The topological polar surface area (TPSA) is 213 Å². The quantitative estimate of drug-likeness (QED) is 0.0287. The van der Waals surface area contributed by atoms with Crippen LogP contribution >= 0.6 is 0 Å². The summed E-state index contributed by atoms with van der Waals surface area (Å²) in [6.45, 7) is 4.64. The van der Waals surface area contributed by atoms with E-state index >= 15 is 0 Å². The maximum Gasteiger partial charge on any atom is 0.316 e. The highest BCUT2D eigenvalue weighted by molar-refractivity contribution is 5.94. The molecule has 286 valence electrons. The Bertz CT molecular complexity index is 1760. The van der Waals surface area contributed by atoms with E-state index in [2.05, 4.69) is 20.2 Å². The predicted molar refractivity (Wildman–Crippen MR) is 197 cm³/mol. The van der Waals surface area contributed by atoms with E-state index in [9.17, 15) is 24.5 Å². The Morgan fingerprint density at radius 1 is 1.11 bits per heavy atom. The number of nitro groups is 1. The Morgan fingerprint density at radius 2 is 1.83 bits per heavy atom. The first-order chi connectivity index (χ1) is 26.1. The lowest BCUT2D eigenvalue weighted by Gasteiger charge is -2.41. The molecule has 0 aliphatic carbocycles. The molecule has 0 bridgehead atoms. The summed E-state index contributed by atoms with van der Waals surface area (Å²) >= 11 is 0. The minimum absolute atomic E-state index is 0.000552. The lowest BCUT2D eigenvalue weighted by atomic mass is 9.72. The largest absolute Gasteiger partial charge is 0.465 e. The molecule has 0 aromatic heterocycles. The van der Waals surface area contributed by atoms with Crippen LogP contribution < -0.4 is 5.32 Å². The molecule has 2 unspecified atom stereocenters. The van der Waals surface area contributed by atoms with Gasteiger partial charge in [0, 0.05) is 48.3 Å². The second-order valence-electron chi connectivity index (χ2n) is 12.9. The van der Waals surface area contributed by atoms with Crippen LogP contribution in [-0.4, -0.2) is 91.8 Å². The van der Waals surface area contributed by atoms with Gasteiger partial charge in [0.15, 0.2) is 0 Å². The number of nitriles is 1. The van der Waals surface area contributed by atoms with Crippen LogP contribution in [0.1, 0.15) is 56.6 Å². The van der Waals surface area contributed by atoms with Gasteiger partial charge in [-0.1, -0.05) is 60.6 Å². The van der Waals surface area contributed by atoms with Crippen LogP contribution in [-0.2, 0) is 34.0 Å². The Morgan fingerprint density at radius 3 is 2.46 bits per heavy atom. The van der Waals surface area contributed by atoms with Crippen LogP contribution in [0.5, 0.6) is 0 Å². The minimum Gasteiger partial charge on any atom is -0.465 e. The van der Waals surface area contributed by atoms with Crippen molar-refractivity contribution in [2.75, 3.05) is 59.3 Å². The van der Waals surface area contributed by atoms with Crippen molar-refractivity contribution in [3.63, 3.8) is 0 Å². The van der Waals surface area contributed by atoms with Crippen molar-refractivity contribution in [3.05, 3.63) is 110 Å². The van der Waals surface area contributed by atoms with Crippen molar-refractivity contribution in [2.45, 2.75) is 50.9 Å². The molecule has 2 aromatic rings. The van der Waals surface area contributed by atoms with Gasteiger partial charge in [0.25, 0.3) is 11.6 Å². The highest BCUT2D eigenvalue weighted by Crippen LogP contribution is 2.37. The van der Waals surface area contributed by atoms with Gasteiger partial charge in [0.05, 0.1) is 42.0 Å². The van der Waals surface area contributed by atoms with Gasteiger partial charge in [-0.3, -0.25) is 24.5 Å². The maximum atomic E-state index is 14.3. The van der Waals surface area contributed by atoms with Gasteiger partial charge < -0.3 is 29.3 Å². The molecule has 2 aromatic carbocycles. The van der Waals surface area contributed by atoms with E-state index < -0.39 is 28.1 Å². The summed E-state index contributed by atoms with van der Waals surface area (Å²) in [5.74, 6) is -2.60. The van der Waals surface area contributed by atoms with Crippen LogP contribution in [0.2, 0.25) is 0 Å². The molecule has 4 rings (SSSR count). The number of hydrogen-bond acceptors (Lipinski definition) is 12. The van der Waals surface area contributed by atoms with Crippen molar-refractivity contribution < 1.29 is 33.5 Å². The maximum absolute atomic E-state index is 14.3. The summed E-state index contributed by atoms with van der Waals surface area (Å²) in [7, 11) is 0. The molecule has 1 saturated heterocycles. The number of hydrogen-bond donors (Lipinski definition) is 1. The first-order valence-corrected chi connectivity index (χ1v) is 18.0. The van der Waals surface area contributed by atoms with Crippen molar-refractivity contribution in [1.82, 2.24) is 15.1 Å². The lowest BCUT2D eigenvalue weighted by Crippen LogP contribution is -2.51. The number of nitro benzene ring substituents is 1. The number of esters is 2. The highest BCUT2D eigenvalue weighted by Gasteiger charge is 2.45. The zero-order valence-corrected chi connectivity index (χ0v) is 30.6. The van der Waals surface area contributed by atoms with E-state index in [1.807, 2.05) is 49.4 Å². The summed E-state index contributed by atoms with van der Waals surface area (Å²) in [5, 5.41) is 27.0. The second kappa shape index (κ2) is 20.5. The number of likely N-dealkylation sites (tertiary alicyclic amines) is 1. The van der Waals surface area contributed by atoms with Gasteiger partial charge in [-0.15, -0.1) is 0 Å². The molecule has 1 fully saturated rings. The first kappa shape index (κ1) is 41.0. The Labute approximate surface area is 314 Å². The summed E-state index contributed by atoms with van der Waals surface area (Å²) in [6, 6.07) is 17.6. The number of non-ortho nitro benzene ring substituents is 1. The number of nitrogens with one attached hydrogen (secondary N) is 1. The number of allylic oxidation sites excluding steroid dienone is 3. The standard InChI is InChI=1S/C38H46N8O8/c1-3-32-23-29(28-11-13-33(14-12-28)46(50)51)24-34(42-32)35(47)45(27-52-22-18-41-43-40)26-30(36(48)54-21-8-17-39)25-44-19-15-38(16-20-44,37(49)53-4-2)31-9-6-5-7-10-31/h5-7,9-14,23-24,29-30,42H,3-4,8,15-16,18-22,25-27H2,1-2H3. The van der Waals surface area contributed by atoms with Crippen molar-refractivity contribution in [3.8, 4) is 6.07 Å². The number of ether oxygens (including phenoxy) is 3. The number of azide groups is 1. The molecule has 54 heavy (non-hydrogen) atoms. The van der Waals surface area contributed by atoms with Crippen molar-refractivity contribution in [2.24, 2.45) is 11.0 Å². The number of amides is 1. The van der Waals surface area contributed by atoms with Gasteiger partial charge in [-0.05, 0) is 62.0 Å². The zero-order valence-electron chi connectivity index (χ0n) is 30.6. The Kier molecular flexibility index (Phi) is 15.6. The fourth-order valence-electron chi connectivity index (χ4n) is 6.59. The minimum atomic E-state index is -0.865. The number of nitrogens with zero attached hydrogens (tertiary/aromatic N) is 7. The van der Waals surface area contributed by atoms with E-state index in [-0.39, 0.29) is 75.9 Å². The molecule has 0 radical (unpaired) electrons. The van der Waals surface area contributed by atoms with E-state index in [0.29, 0.717) is 32.4 Å². The number of benzene rings is 2. The number of carbonyl (C=O) groups is 3. The third-order valence-corrected chi connectivity index (χ3v) is 9.47. The average molecular weight is 743 g/mol. The molecule has 2 atom stereocenters. The number of dihydropyridines is 1. The Hall–Kier alpha value is -5.75. The zero-order chi connectivity index (χ0) is 38.9. The second-order valence-corrected chi connectivity index (χ2v) is 12.9. The smallest absolute Gasteiger partial charge is 0.316 e. The van der Waals surface area contributed by atoms with Crippen LogP contribution in [0.4, 0.5) is 5.69 Å². The Balaban J connectivity index is 1.60. The van der Waals surface area contributed by atoms with E-state index in [1.165, 1.54) is 17.0 Å². The molecule has 2 aliphatic rings. The molecule has 1 amide bonds. The molecule has 0 spiro atoms.